The van der Waals surface area contributed by atoms with Gasteiger partial charge in [0, 0.05) is 11.3 Å². The van der Waals surface area contributed by atoms with Gasteiger partial charge in [-0.1, -0.05) is 18.2 Å². The van der Waals surface area contributed by atoms with Gasteiger partial charge in [-0.25, -0.2) is 4.39 Å². The third-order valence-electron chi connectivity index (χ3n) is 2.71. The first-order valence-corrected chi connectivity index (χ1v) is 5.91. The molecule has 0 spiro atoms. The normalized spacial score (nSPS) is 11.9. The topological polar surface area (TPSA) is 49.3 Å². The first-order valence-electron chi connectivity index (χ1n) is 5.91. The van der Waals surface area contributed by atoms with Gasteiger partial charge in [0.25, 0.3) is 5.91 Å². The molecule has 0 heterocycles. The lowest BCUT2D eigenvalue weighted by Gasteiger charge is -2.09. The zero-order valence-electron chi connectivity index (χ0n) is 10.4. The van der Waals surface area contributed by atoms with Crippen molar-refractivity contribution in [2.24, 2.45) is 0 Å². The lowest BCUT2D eigenvalue weighted by atomic mass is 10.1. The van der Waals surface area contributed by atoms with Crippen molar-refractivity contribution in [2.45, 2.75) is 13.0 Å². The molecular formula is C15H14FNO2. The molecule has 0 saturated carbocycles. The highest BCUT2D eigenvalue weighted by atomic mass is 19.1. The first kappa shape index (κ1) is 13.2. The lowest BCUT2D eigenvalue weighted by molar-refractivity contribution is 0.102. The Labute approximate surface area is 110 Å². The number of hydrogen-bond donors (Lipinski definition) is 2. The number of aliphatic hydroxyl groups excluding tert-OH is 1. The molecule has 0 fully saturated rings. The number of benzene rings is 2. The molecule has 19 heavy (non-hydrogen) atoms. The summed E-state index contributed by atoms with van der Waals surface area (Å²) < 4.78 is 13.0. The van der Waals surface area contributed by atoms with Crippen LogP contribution in [0, 0.1) is 5.82 Å². The van der Waals surface area contributed by atoms with Crippen molar-refractivity contribution >= 4 is 11.6 Å². The molecule has 4 heteroatoms. The van der Waals surface area contributed by atoms with Gasteiger partial charge in [0.05, 0.1) is 6.10 Å². The second kappa shape index (κ2) is 5.63. The summed E-state index contributed by atoms with van der Waals surface area (Å²) in [5.74, 6) is -0.840. The third-order valence-corrected chi connectivity index (χ3v) is 2.71. The summed E-state index contributed by atoms with van der Waals surface area (Å²) >= 11 is 0. The van der Waals surface area contributed by atoms with Crippen LogP contribution >= 0.6 is 0 Å². The zero-order valence-corrected chi connectivity index (χ0v) is 10.4. The Bertz CT molecular complexity index is 596. The molecule has 0 aliphatic heterocycles. The SMILES string of the molecule is C[C@H](O)c1cccc(NC(=O)c2cccc(F)c2)c1. The third kappa shape index (κ3) is 3.39. The fourth-order valence-electron chi connectivity index (χ4n) is 1.71. The van der Waals surface area contributed by atoms with Gasteiger partial charge in [0.2, 0.25) is 0 Å². The largest absolute Gasteiger partial charge is 0.389 e. The predicted octanol–water partition coefficient (Wildman–Crippen LogP) is 3.13. The Kier molecular flexibility index (Phi) is 3.92. The highest BCUT2D eigenvalue weighted by Crippen LogP contribution is 2.17. The predicted molar refractivity (Wildman–Crippen MR) is 71.4 cm³/mol. The fourth-order valence-corrected chi connectivity index (χ4v) is 1.71. The fraction of sp³-hybridized carbons (Fsp3) is 0.133. The van der Waals surface area contributed by atoms with E-state index >= 15 is 0 Å². The quantitative estimate of drug-likeness (QED) is 0.889. The van der Waals surface area contributed by atoms with Gasteiger partial charge >= 0.3 is 0 Å². The monoisotopic (exact) mass is 259 g/mol. The number of carbonyl (C=O) groups excluding carboxylic acids is 1. The maximum absolute atomic E-state index is 13.0. The zero-order chi connectivity index (χ0) is 13.8. The van der Waals surface area contributed by atoms with Crippen molar-refractivity contribution in [3.63, 3.8) is 0 Å². The maximum Gasteiger partial charge on any atom is 0.255 e. The standard InChI is InChI=1S/C15H14FNO2/c1-10(18)11-4-3-7-14(9-11)17-15(19)12-5-2-6-13(16)8-12/h2-10,18H,1H3,(H,17,19)/t10-/m0/s1. The molecule has 3 nitrogen and oxygen atoms in total. The van der Waals surface area contributed by atoms with Crippen LogP contribution < -0.4 is 5.32 Å². The molecule has 2 rings (SSSR count). The van der Waals surface area contributed by atoms with E-state index in [9.17, 15) is 14.3 Å². The number of rotatable bonds is 3. The van der Waals surface area contributed by atoms with E-state index in [1.54, 1.807) is 31.2 Å². The van der Waals surface area contributed by atoms with E-state index in [4.69, 9.17) is 0 Å². The number of hydrogen-bond acceptors (Lipinski definition) is 2. The molecule has 0 aliphatic carbocycles. The van der Waals surface area contributed by atoms with Crippen LogP contribution in [0.4, 0.5) is 10.1 Å². The number of halogens is 1. The Hall–Kier alpha value is -2.20. The van der Waals surface area contributed by atoms with Gasteiger partial charge < -0.3 is 10.4 Å². The average molecular weight is 259 g/mol. The van der Waals surface area contributed by atoms with Crippen molar-refractivity contribution < 1.29 is 14.3 Å². The molecule has 1 atom stereocenters. The second-order valence-corrected chi connectivity index (χ2v) is 4.27. The number of amides is 1. The van der Waals surface area contributed by atoms with Crippen LogP contribution in [0.3, 0.4) is 0 Å². The summed E-state index contributed by atoms with van der Waals surface area (Å²) in [7, 11) is 0. The highest BCUT2D eigenvalue weighted by Gasteiger charge is 2.08. The summed E-state index contributed by atoms with van der Waals surface area (Å²) in [6.45, 7) is 1.65. The van der Waals surface area contributed by atoms with Gasteiger partial charge in [-0.05, 0) is 42.8 Å². The van der Waals surface area contributed by atoms with Crippen LogP contribution in [0.5, 0.6) is 0 Å². The van der Waals surface area contributed by atoms with Gasteiger partial charge in [0.1, 0.15) is 5.82 Å². The van der Waals surface area contributed by atoms with Crippen LogP contribution in [0.2, 0.25) is 0 Å². The molecule has 0 radical (unpaired) electrons. The van der Waals surface area contributed by atoms with Crippen LogP contribution in [0.15, 0.2) is 48.5 Å². The summed E-state index contributed by atoms with van der Waals surface area (Å²) in [4.78, 5) is 11.9. The number of anilines is 1. The summed E-state index contributed by atoms with van der Waals surface area (Å²) in [5, 5.41) is 12.1. The Morgan fingerprint density at radius 3 is 2.63 bits per heavy atom. The van der Waals surface area contributed by atoms with E-state index in [0.29, 0.717) is 11.3 Å². The minimum Gasteiger partial charge on any atom is -0.389 e. The second-order valence-electron chi connectivity index (χ2n) is 4.27. The van der Waals surface area contributed by atoms with Crippen LogP contribution in [-0.2, 0) is 0 Å². The Balaban J connectivity index is 2.17. The van der Waals surface area contributed by atoms with Crippen LogP contribution in [0.1, 0.15) is 28.9 Å². The van der Waals surface area contributed by atoms with E-state index in [-0.39, 0.29) is 11.5 Å². The van der Waals surface area contributed by atoms with Crippen molar-refractivity contribution in [1.29, 1.82) is 0 Å². The Morgan fingerprint density at radius 2 is 1.95 bits per heavy atom. The summed E-state index contributed by atoms with van der Waals surface area (Å²) in [6.07, 6.45) is -0.606. The molecule has 0 aliphatic rings. The van der Waals surface area contributed by atoms with Crippen molar-refractivity contribution in [1.82, 2.24) is 0 Å². The first-order chi connectivity index (χ1) is 9.06. The lowest BCUT2D eigenvalue weighted by Crippen LogP contribution is -2.12. The molecule has 0 bridgehead atoms. The molecule has 2 N–H and O–H groups in total. The Morgan fingerprint density at radius 1 is 1.21 bits per heavy atom. The van der Waals surface area contributed by atoms with E-state index in [0.717, 1.165) is 0 Å². The molecule has 98 valence electrons. The molecule has 0 saturated heterocycles. The number of nitrogens with one attached hydrogen (secondary N) is 1. The van der Waals surface area contributed by atoms with E-state index in [2.05, 4.69) is 5.32 Å². The smallest absolute Gasteiger partial charge is 0.255 e. The minimum absolute atomic E-state index is 0.252. The molecule has 0 aromatic heterocycles. The average Bonchev–Trinajstić information content (AvgIpc) is 2.39. The molecular weight excluding hydrogens is 245 g/mol. The van der Waals surface area contributed by atoms with Crippen molar-refractivity contribution in [3.8, 4) is 0 Å². The molecule has 1 amide bonds. The van der Waals surface area contributed by atoms with E-state index in [1.807, 2.05) is 0 Å². The maximum atomic E-state index is 13.0. The summed E-state index contributed by atoms with van der Waals surface area (Å²) in [5.41, 5.74) is 1.52. The number of carbonyl (C=O) groups is 1. The van der Waals surface area contributed by atoms with Gasteiger partial charge in [-0.2, -0.15) is 0 Å². The molecule has 2 aromatic rings. The van der Waals surface area contributed by atoms with Gasteiger partial charge in [-0.3, -0.25) is 4.79 Å². The molecule has 2 aromatic carbocycles. The van der Waals surface area contributed by atoms with Crippen molar-refractivity contribution in [3.05, 3.63) is 65.5 Å². The van der Waals surface area contributed by atoms with Crippen LogP contribution in [-0.4, -0.2) is 11.0 Å². The minimum atomic E-state index is -0.606. The number of aliphatic hydroxyl groups is 1. The highest BCUT2D eigenvalue weighted by molar-refractivity contribution is 6.04. The van der Waals surface area contributed by atoms with E-state index < -0.39 is 11.9 Å². The molecule has 0 unspecified atom stereocenters. The van der Waals surface area contributed by atoms with Gasteiger partial charge in [-0.15, -0.1) is 0 Å². The van der Waals surface area contributed by atoms with Crippen LogP contribution in [0.25, 0.3) is 0 Å². The van der Waals surface area contributed by atoms with E-state index in [1.165, 1.54) is 24.3 Å². The summed E-state index contributed by atoms with van der Waals surface area (Å²) in [6, 6.07) is 12.4. The van der Waals surface area contributed by atoms with Gasteiger partial charge in [0.15, 0.2) is 0 Å². The van der Waals surface area contributed by atoms with Crippen molar-refractivity contribution in [2.75, 3.05) is 5.32 Å².